The predicted octanol–water partition coefficient (Wildman–Crippen LogP) is 5.69. The highest BCUT2D eigenvalue weighted by molar-refractivity contribution is 5.84. The van der Waals surface area contributed by atoms with E-state index >= 15 is 0 Å². The first-order valence-corrected chi connectivity index (χ1v) is 9.94. The molecule has 0 heterocycles. The van der Waals surface area contributed by atoms with Gasteiger partial charge in [-0.2, -0.15) is 0 Å². The lowest BCUT2D eigenvalue weighted by Crippen LogP contribution is -2.00. The topological polar surface area (TPSA) is 160 Å². The molecule has 0 saturated carbocycles. The molecule has 0 amide bonds. The van der Waals surface area contributed by atoms with Crippen LogP contribution in [-0.4, -0.2) is 28.1 Å². The Balaban J connectivity index is 2.00. The molecule has 3 rings (SSSR count). The molecule has 12 heteroatoms. The Morgan fingerprint density at radius 1 is 0.886 bits per heavy atom. The molecule has 0 bridgehead atoms. The average molecular weight is 478 g/mol. The molecule has 0 unspecified atom stereocenters. The molecule has 0 aliphatic heterocycles. The minimum Gasteiger partial charge on any atom is -0.493 e. The van der Waals surface area contributed by atoms with E-state index in [0.717, 1.165) is 18.2 Å². The first kappa shape index (κ1) is 24.5. The van der Waals surface area contributed by atoms with E-state index < -0.39 is 26.1 Å². The summed E-state index contributed by atoms with van der Waals surface area (Å²) < 4.78 is 11.2. The largest absolute Gasteiger partial charge is 0.493 e. The molecule has 0 saturated heterocycles. The molecule has 12 nitrogen and oxygen atoms in total. The summed E-state index contributed by atoms with van der Waals surface area (Å²) in [5.74, 6) is 0.218. The van der Waals surface area contributed by atoms with Crippen molar-refractivity contribution in [2.24, 2.45) is 4.99 Å². The lowest BCUT2D eigenvalue weighted by molar-refractivity contribution is -0.394. The van der Waals surface area contributed by atoms with Gasteiger partial charge in [-0.15, -0.1) is 6.58 Å². The molecular formula is C23H18N4O8. The monoisotopic (exact) mass is 478 g/mol. The highest BCUT2D eigenvalue weighted by atomic mass is 16.6. The molecule has 0 aliphatic carbocycles. The van der Waals surface area contributed by atoms with Gasteiger partial charge in [-0.25, -0.2) is 0 Å². The number of nitro groups is 3. The van der Waals surface area contributed by atoms with Crippen LogP contribution >= 0.6 is 0 Å². The van der Waals surface area contributed by atoms with Gasteiger partial charge in [0.25, 0.3) is 11.4 Å². The normalized spacial score (nSPS) is 10.7. The Bertz CT molecular complexity index is 1340. The highest BCUT2D eigenvalue weighted by Gasteiger charge is 2.23. The summed E-state index contributed by atoms with van der Waals surface area (Å²) >= 11 is 0. The Morgan fingerprint density at radius 2 is 1.54 bits per heavy atom. The molecule has 178 valence electrons. The van der Waals surface area contributed by atoms with Crippen LogP contribution in [-0.2, 0) is 6.42 Å². The zero-order valence-electron chi connectivity index (χ0n) is 18.3. The van der Waals surface area contributed by atoms with Gasteiger partial charge in [0.05, 0.1) is 33.6 Å². The van der Waals surface area contributed by atoms with Crippen molar-refractivity contribution in [1.82, 2.24) is 0 Å². The third-order valence-electron chi connectivity index (χ3n) is 4.72. The standard InChI is InChI=1S/C23H18N4O8/c1-3-4-16-11-15(14-24-17-5-7-18(8-6-17)25(28)29)12-22(34-2)23(16)35-21-10-9-19(26(30)31)13-20(21)27(32)33/h3,5-14H,1,4H2,2H3. The van der Waals surface area contributed by atoms with Gasteiger partial charge in [0.2, 0.25) is 5.75 Å². The summed E-state index contributed by atoms with van der Waals surface area (Å²) in [7, 11) is 1.39. The summed E-state index contributed by atoms with van der Waals surface area (Å²) in [6.07, 6.45) is 3.43. The van der Waals surface area contributed by atoms with E-state index in [-0.39, 0.29) is 22.9 Å². The molecule has 0 spiro atoms. The van der Waals surface area contributed by atoms with Crippen molar-refractivity contribution >= 4 is 29.0 Å². The van der Waals surface area contributed by atoms with E-state index in [0.29, 0.717) is 23.2 Å². The maximum atomic E-state index is 11.5. The van der Waals surface area contributed by atoms with Crippen molar-refractivity contribution in [1.29, 1.82) is 0 Å². The molecule has 0 aliphatic rings. The smallest absolute Gasteiger partial charge is 0.318 e. The quantitative estimate of drug-likeness (QED) is 0.155. The van der Waals surface area contributed by atoms with Crippen molar-refractivity contribution in [2.75, 3.05) is 7.11 Å². The van der Waals surface area contributed by atoms with Crippen LogP contribution in [0.15, 0.2) is 72.2 Å². The zero-order chi connectivity index (χ0) is 25.5. The van der Waals surface area contributed by atoms with Gasteiger partial charge in [0, 0.05) is 30.0 Å². The van der Waals surface area contributed by atoms with Gasteiger partial charge in [0.15, 0.2) is 11.5 Å². The van der Waals surface area contributed by atoms with Gasteiger partial charge in [0.1, 0.15) is 0 Å². The van der Waals surface area contributed by atoms with Crippen LogP contribution in [0.4, 0.5) is 22.7 Å². The number of allylic oxidation sites excluding steroid dienone is 1. The Morgan fingerprint density at radius 3 is 2.11 bits per heavy atom. The maximum absolute atomic E-state index is 11.5. The first-order chi connectivity index (χ1) is 16.7. The minimum absolute atomic E-state index is 0.0549. The maximum Gasteiger partial charge on any atom is 0.318 e. The van der Waals surface area contributed by atoms with Crippen LogP contribution in [0.25, 0.3) is 0 Å². The highest BCUT2D eigenvalue weighted by Crippen LogP contribution is 2.41. The van der Waals surface area contributed by atoms with Gasteiger partial charge in [-0.3, -0.25) is 35.3 Å². The number of benzene rings is 3. The Labute approximate surface area is 198 Å². The van der Waals surface area contributed by atoms with Crippen LogP contribution in [0.2, 0.25) is 0 Å². The molecule has 0 radical (unpaired) electrons. The van der Waals surface area contributed by atoms with Crippen molar-refractivity contribution in [3.05, 3.63) is 109 Å². The Hall–Kier alpha value is -5.13. The number of rotatable bonds is 10. The molecule has 0 N–H and O–H groups in total. The molecule has 0 atom stereocenters. The first-order valence-electron chi connectivity index (χ1n) is 9.94. The lowest BCUT2D eigenvalue weighted by Gasteiger charge is -2.15. The van der Waals surface area contributed by atoms with Gasteiger partial charge in [-0.05, 0) is 42.3 Å². The van der Waals surface area contributed by atoms with Crippen LogP contribution in [0.1, 0.15) is 11.1 Å². The summed E-state index contributed by atoms with van der Waals surface area (Å²) in [6.45, 7) is 3.71. The number of nitrogens with zero attached hydrogens (tertiary/aromatic N) is 4. The fraction of sp³-hybridized carbons (Fsp3) is 0.0870. The number of ether oxygens (including phenoxy) is 2. The zero-order valence-corrected chi connectivity index (χ0v) is 18.3. The number of hydrogen-bond acceptors (Lipinski definition) is 9. The van der Waals surface area contributed by atoms with Crippen LogP contribution in [0.5, 0.6) is 17.2 Å². The molecular weight excluding hydrogens is 460 g/mol. The number of nitro benzene ring substituents is 3. The minimum atomic E-state index is -0.771. The fourth-order valence-electron chi connectivity index (χ4n) is 3.10. The van der Waals surface area contributed by atoms with Gasteiger partial charge >= 0.3 is 5.69 Å². The van der Waals surface area contributed by atoms with Crippen LogP contribution in [0.3, 0.4) is 0 Å². The van der Waals surface area contributed by atoms with E-state index in [9.17, 15) is 30.3 Å². The number of non-ortho nitro benzene ring substituents is 2. The van der Waals surface area contributed by atoms with Gasteiger partial charge < -0.3 is 9.47 Å². The van der Waals surface area contributed by atoms with E-state index in [1.54, 1.807) is 18.2 Å². The van der Waals surface area contributed by atoms with E-state index in [2.05, 4.69) is 11.6 Å². The molecule has 0 aromatic heterocycles. The van der Waals surface area contributed by atoms with Crippen molar-refractivity contribution in [3.63, 3.8) is 0 Å². The Kier molecular flexibility index (Phi) is 7.46. The second kappa shape index (κ2) is 10.7. The summed E-state index contributed by atoms with van der Waals surface area (Å²) in [4.78, 5) is 35.6. The second-order valence-electron chi connectivity index (χ2n) is 7.00. The van der Waals surface area contributed by atoms with Crippen LogP contribution in [0, 0.1) is 30.3 Å². The molecule has 0 fully saturated rings. The van der Waals surface area contributed by atoms with E-state index in [4.69, 9.17) is 9.47 Å². The SMILES string of the molecule is C=CCc1cc(C=Nc2ccc([N+](=O)[O-])cc2)cc(OC)c1Oc1ccc([N+](=O)[O-])cc1[N+](=O)[O-]. The number of hydrogen-bond donors (Lipinski definition) is 0. The molecule has 3 aromatic rings. The second-order valence-corrected chi connectivity index (χ2v) is 7.00. The number of methoxy groups -OCH3 is 1. The molecule has 3 aromatic carbocycles. The average Bonchev–Trinajstić information content (AvgIpc) is 2.84. The van der Waals surface area contributed by atoms with Crippen molar-refractivity contribution < 1.29 is 24.2 Å². The van der Waals surface area contributed by atoms with E-state index in [1.807, 2.05) is 0 Å². The predicted molar refractivity (Wildman–Crippen MR) is 127 cm³/mol. The summed E-state index contributed by atoms with van der Waals surface area (Å²) in [5.41, 5.74) is 0.580. The number of aliphatic imine (C=N–C) groups is 1. The molecule has 35 heavy (non-hydrogen) atoms. The van der Waals surface area contributed by atoms with Crippen LogP contribution < -0.4 is 9.47 Å². The van der Waals surface area contributed by atoms with Gasteiger partial charge in [-0.1, -0.05) is 6.08 Å². The third-order valence-corrected chi connectivity index (χ3v) is 4.72. The summed E-state index contributed by atoms with van der Waals surface area (Å²) in [5, 5.41) is 33.3. The van der Waals surface area contributed by atoms with Crippen molar-refractivity contribution in [3.8, 4) is 17.2 Å². The third kappa shape index (κ3) is 5.82. The van der Waals surface area contributed by atoms with E-state index in [1.165, 1.54) is 37.6 Å². The fourth-order valence-corrected chi connectivity index (χ4v) is 3.10. The lowest BCUT2D eigenvalue weighted by atomic mass is 10.1. The summed E-state index contributed by atoms with van der Waals surface area (Å²) in [6, 6.07) is 12.1. The van der Waals surface area contributed by atoms with Crippen molar-refractivity contribution in [2.45, 2.75) is 6.42 Å².